The maximum atomic E-state index is 14.4. The number of aliphatic carboxylic acids is 1. The Morgan fingerprint density at radius 2 is 1.83 bits per heavy atom. The highest BCUT2D eigenvalue weighted by Crippen LogP contribution is 2.46. The van der Waals surface area contributed by atoms with Gasteiger partial charge in [0.25, 0.3) is 5.91 Å². The third-order valence-corrected chi connectivity index (χ3v) is 9.65. The summed E-state index contributed by atoms with van der Waals surface area (Å²) < 4.78 is 51.1. The Morgan fingerprint density at radius 3 is 2.51 bits per heavy atom. The van der Waals surface area contributed by atoms with Crippen molar-refractivity contribution < 1.29 is 37.4 Å². The third kappa shape index (κ3) is 6.44. The molecule has 1 N–H and O–H groups in total. The van der Waals surface area contributed by atoms with E-state index in [1.54, 1.807) is 32.8 Å². The number of ether oxygens (including phenoxy) is 1. The lowest BCUT2D eigenvalue weighted by atomic mass is 9.77. The van der Waals surface area contributed by atoms with Gasteiger partial charge in [-0.05, 0) is 68.9 Å². The number of halogens is 3. The van der Waals surface area contributed by atoms with E-state index in [2.05, 4.69) is 10.3 Å². The lowest BCUT2D eigenvalue weighted by Crippen LogP contribution is -2.48. The number of benzene rings is 2. The van der Waals surface area contributed by atoms with Crippen LogP contribution >= 0.6 is 0 Å². The molecule has 0 bridgehead atoms. The van der Waals surface area contributed by atoms with Crippen molar-refractivity contribution in [3.8, 4) is 5.75 Å². The van der Waals surface area contributed by atoms with Crippen LogP contribution in [0.3, 0.4) is 0 Å². The molecule has 10 nitrogen and oxygen atoms in total. The second-order valence-corrected chi connectivity index (χ2v) is 12.9. The predicted octanol–water partition coefficient (Wildman–Crippen LogP) is 5.82. The molecule has 3 aliphatic rings. The van der Waals surface area contributed by atoms with Crippen LogP contribution in [-0.2, 0) is 35.3 Å². The van der Waals surface area contributed by atoms with Crippen molar-refractivity contribution in [3.05, 3.63) is 76.1 Å². The summed E-state index contributed by atoms with van der Waals surface area (Å²) in [5, 5.41) is 18.2. The molecule has 6 rings (SSSR count). The lowest BCUT2D eigenvalue weighted by molar-refractivity contribution is -0.154. The molecular formula is C34H38F3N5O5. The Hall–Kier alpha value is -4.42. The van der Waals surface area contributed by atoms with Gasteiger partial charge in [-0.25, -0.2) is 4.68 Å². The van der Waals surface area contributed by atoms with Crippen LogP contribution in [0.25, 0.3) is 0 Å². The van der Waals surface area contributed by atoms with E-state index < -0.39 is 35.6 Å². The minimum absolute atomic E-state index is 0.0112. The highest BCUT2D eigenvalue weighted by atomic mass is 19.4. The number of carbonyl (C=O) groups is 3. The van der Waals surface area contributed by atoms with Crippen LogP contribution in [0.4, 0.5) is 13.2 Å². The normalized spacial score (nSPS) is 21.1. The molecule has 1 aromatic heterocycles. The molecule has 2 amide bonds. The Morgan fingerprint density at radius 1 is 1.09 bits per heavy atom. The Balaban J connectivity index is 1.38. The molecule has 2 aromatic carbocycles. The van der Waals surface area contributed by atoms with Gasteiger partial charge in [-0.15, -0.1) is 5.10 Å². The van der Waals surface area contributed by atoms with Gasteiger partial charge in [0.2, 0.25) is 5.91 Å². The van der Waals surface area contributed by atoms with Gasteiger partial charge in [0.15, 0.2) is 0 Å². The van der Waals surface area contributed by atoms with Gasteiger partial charge in [0.1, 0.15) is 18.1 Å². The Kier molecular flexibility index (Phi) is 8.99. The number of rotatable bonds is 9. The van der Waals surface area contributed by atoms with Crippen molar-refractivity contribution in [3.63, 3.8) is 0 Å². The van der Waals surface area contributed by atoms with Crippen LogP contribution in [0.5, 0.6) is 5.75 Å². The first kappa shape index (κ1) is 32.5. The fourth-order valence-electron chi connectivity index (χ4n) is 7.27. The molecule has 250 valence electrons. The molecule has 0 radical (unpaired) electrons. The molecule has 3 heterocycles. The monoisotopic (exact) mass is 653 g/mol. The molecule has 0 unspecified atom stereocenters. The van der Waals surface area contributed by atoms with E-state index in [1.807, 2.05) is 26.0 Å². The van der Waals surface area contributed by atoms with Gasteiger partial charge in [0, 0.05) is 36.8 Å². The SMILES string of the molecule is CC(C)n1cc(COc2ccc(C(F)(F)F)c3c2[C@@H](CCN2Cc4ccccc4C2=O)N(C(=O)[C@@H]2CCCC[C@@H]2C(=O)O)CC3)nn1. The maximum absolute atomic E-state index is 14.4. The summed E-state index contributed by atoms with van der Waals surface area (Å²) >= 11 is 0. The number of fused-ring (bicyclic) bond motifs is 2. The number of aromatic nitrogens is 3. The van der Waals surface area contributed by atoms with E-state index in [0.29, 0.717) is 43.5 Å². The number of hydrogen-bond donors (Lipinski definition) is 1. The molecule has 1 aliphatic carbocycles. The molecule has 47 heavy (non-hydrogen) atoms. The quantitative estimate of drug-likeness (QED) is 0.309. The number of alkyl halides is 3. The summed E-state index contributed by atoms with van der Waals surface area (Å²) in [6.07, 6.45) is -0.730. The number of nitrogens with zero attached hydrogens (tertiary/aromatic N) is 5. The van der Waals surface area contributed by atoms with Crippen molar-refractivity contribution in [2.45, 2.75) is 83.8 Å². The van der Waals surface area contributed by atoms with Gasteiger partial charge < -0.3 is 19.6 Å². The van der Waals surface area contributed by atoms with Crippen molar-refractivity contribution in [1.82, 2.24) is 24.8 Å². The first-order chi connectivity index (χ1) is 22.4. The molecular weight excluding hydrogens is 615 g/mol. The van der Waals surface area contributed by atoms with Gasteiger partial charge in [-0.1, -0.05) is 36.3 Å². The molecule has 0 saturated heterocycles. The van der Waals surface area contributed by atoms with E-state index in [0.717, 1.165) is 11.6 Å². The second kappa shape index (κ2) is 13.0. The largest absolute Gasteiger partial charge is 0.487 e. The van der Waals surface area contributed by atoms with E-state index in [9.17, 15) is 32.7 Å². The fraction of sp³-hybridized carbons (Fsp3) is 0.500. The lowest BCUT2D eigenvalue weighted by Gasteiger charge is -2.42. The van der Waals surface area contributed by atoms with Crippen LogP contribution in [0.2, 0.25) is 0 Å². The number of amides is 2. The van der Waals surface area contributed by atoms with E-state index >= 15 is 0 Å². The molecule has 0 spiro atoms. The van der Waals surface area contributed by atoms with Gasteiger partial charge in [-0.3, -0.25) is 14.4 Å². The minimum atomic E-state index is -4.65. The average molecular weight is 654 g/mol. The Labute approximate surface area is 270 Å². The van der Waals surface area contributed by atoms with Gasteiger partial charge in [-0.2, -0.15) is 13.2 Å². The molecule has 2 aliphatic heterocycles. The molecule has 1 saturated carbocycles. The first-order valence-corrected chi connectivity index (χ1v) is 16.1. The maximum Gasteiger partial charge on any atom is 0.416 e. The van der Waals surface area contributed by atoms with Gasteiger partial charge in [0.05, 0.1) is 29.6 Å². The topological polar surface area (TPSA) is 118 Å². The van der Waals surface area contributed by atoms with Crippen molar-refractivity contribution in [2.75, 3.05) is 13.1 Å². The molecule has 1 fully saturated rings. The average Bonchev–Trinajstić information content (AvgIpc) is 3.66. The number of carboxylic acid groups (broad SMARTS) is 1. The standard InChI is InChI=1S/C34H38F3N5O5/c1-20(2)42-18-22(38-39-42)19-47-29-12-11-27(34(35,36)37)26-13-16-41(32(44)24-9-5-6-10-25(24)33(45)46)28(30(26)29)14-15-40-17-21-7-3-4-8-23(21)31(40)43/h3-4,7-8,11-12,18,20,24-25,28H,5-6,9-10,13-17,19H2,1-2H3,(H,45,46)/t24-,25+,28-/m1/s1. The van der Waals surface area contributed by atoms with Gasteiger partial charge >= 0.3 is 12.1 Å². The smallest absolute Gasteiger partial charge is 0.416 e. The van der Waals surface area contributed by atoms with E-state index in [-0.39, 0.29) is 67.3 Å². The first-order valence-electron chi connectivity index (χ1n) is 16.1. The van der Waals surface area contributed by atoms with Crippen molar-refractivity contribution in [2.24, 2.45) is 11.8 Å². The van der Waals surface area contributed by atoms with E-state index in [1.165, 1.54) is 6.07 Å². The third-order valence-electron chi connectivity index (χ3n) is 9.65. The molecule has 13 heteroatoms. The second-order valence-electron chi connectivity index (χ2n) is 12.9. The number of hydrogen-bond acceptors (Lipinski definition) is 6. The fourth-order valence-corrected chi connectivity index (χ4v) is 7.27. The Bertz CT molecular complexity index is 1670. The summed E-state index contributed by atoms with van der Waals surface area (Å²) in [5.74, 6) is -3.08. The van der Waals surface area contributed by atoms with Crippen LogP contribution in [0, 0.1) is 11.8 Å². The zero-order valence-electron chi connectivity index (χ0n) is 26.4. The highest BCUT2D eigenvalue weighted by Gasteiger charge is 2.45. The van der Waals surface area contributed by atoms with Crippen LogP contribution < -0.4 is 4.74 Å². The van der Waals surface area contributed by atoms with Crippen LogP contribution in [0.1, 0.15) is 96.3 Å². The van der Waals surface area contributed by atoms with Crippen molar-refractivity contribution in [1.29, 1.82) is 0 Å². The van der Waals surface area contributed by atoms with E-state index in [4.69, 9.17) is 4.74 Å². The molecule has 3 aromatic rings. The minimum Gasteiger partial charge on any atom is -0.487 e. The molecule has 3 atom stereocenters. The zero-order valence-corrected chi connectivity index (χ0v) is 26.4. The highest BCUT2D eigenvalue weighted by molar-refractivity contribution is 5.98. The summed E-state index contributed by atoms with van der Waals surface area (Å²) in [6, 6.07) is 8.70. The zero-order chi connectivity index (χ0) is 33.5. The van der Waals surface area contributed by atoms with Crippen LogP contribution in [-0.4, -0.2) is 60.8 Å². The summed E-state index contributed by atoms with van der Waals surface area (Å²) in [6.45, 7) is 4.33. The number of carbonyl (C=O) groups excluding carboxylic acids is 2. The van der Waals surface area contributed by atoms with Crippen molar-refractivity contribution >= 4 is 17.8 Å². The summed E-state index contributed by atoms with van der Waals surface area (Å²) in [7, 11) is 0. The summed E-state index contributed by atoms with van der Waals surface area (Å²) in [5.41, 5.74) is 1.41. The number of carboxylic acids is 1. The van der Waals surface area contributed by atoms with Crippen LogP contribution in [0.15, 0.2) is 42.6 Å². The summed E-state index contributed by atoms with van der Waals surface area (Å²) in [4.78, 5) is 42.9. The predicted molar refractivity (Wildman–Crippen MR) is 163 cm³/mol.